The average molecular weight is 326 g/mol. The van der Waals surface area contributed by atoms with Gasteiger partial charge >= 0.3 is 5.97 Å². The minimum atomic E-state index is -0.517. The molecule has 0 heterocycles. The standard InChI is InChI=1S/C19H22N2O3/c1-4-14-7-5-9-16(11-14)20-18(22)13-24-19(23)15-8-6-10-17(12-15)21(2)3/h5-12H,4,13H2,1-3H3,(H,20,22). The summed E-state index contributed by atoms with van der Waals surface area (Å²) in [6.07, 6.45) is 0.890. The molecule has 1 amide bonds. The van der Waals surface area contributed by atoms with Crippen LogP contribution < -0.4 is 10.2 Å². The van der Waals surface area contributed by atoms with Crippen molar-refractivity contribution in [2.45, 2.75) is 13.3 Å². The van der Waals surface area contributed by atoms with E-state index in [0.717, 1.165) is 17.7 Å². The number of nitrogens with zero attached hydrogens (tertiary/aromatic N) is 1. The third-order valence-corrected chi connectivity index (χ3v) is 3.55. The van der Waals surface area contributed by atoms with Crippen molar-refractivity contribution in [1.82, 2.24) is 0 Å². The molecule has 0 spiro atoms. The van der Waals surface area contributed by atoms with E-state index in [9.17, 15) is 9.59 Å². The maximum absolute atomic E-state index is 12.1. The monoisotopic (exact) mass is 326 g/mol. The molecule has 0 saturated carbocycles. The van der Waals surface area contributed by atoms with Crippen molar-refractivity contribution in [2.75, 3.05) is 30.9 Å². The summed E-state index contributed by atoms with van der Waals surface area (Å²) in [7, 11) is 3.78. The summed E-state index contributed by atoms with van der Waals surface area (Å²) >= 11 is 0. The van der Waals surface area contributed by atoms with E-state index in [1.807, 2.05) is 50.2 Å². The van der Waals surface area contributed by atoms with Crippen molar-refractivity contribution in [3.63, 3.8) is 0 Å². The van der Waals surface area contributed by atoms with Crippen LogP contribution in [0, 0.1) is 0 Å². The SMILES string of the molecule is CCc1cccc(NC(=O)COC(=O)c2cccc(N(C)C)c2)c1. The van der Waals surface area contributed by atoms with Crippen LogP contribution in [0.2, 0.25) is 0 Å². The lowest BCUT2D eigenvalue weighted by molar-refractivity contribution is -0.119. The predicted octanol–water partition coefficient (Wildman–Crippen LogP) is 3.11. The van der Waals surface area contributed by atoms with Gasteiger partial charge in [0.15, 0.2) is 6.61 Å². The van der Waals surface area contributed by atoms with Gasteiger partial charge in [-0.3, -0.25) is 4.79 Å². The molecule has 0 atom stereocenters. The molecule has 1 N–H and O–H groups in total. The third kappa shape index (κ3) is 4.84. The Morgan fingerprint density at radius 2 is 1.83 bits per heavy atom. The lowest BCUT2D eigenvalue weighted by Gasteiger charge is -2.13. The topological polar surface area (TPSA) is 58.6 Å². The van der Waals surface area contributed by atoms with Crippen molar-refractivity contribution in [3.8, 4) is 0 Å². The van der Waals surface area contributed by atoms with Crippen molar-refractivity contribution in [3.05, 3.63) is 59.7 Å². The van der Waals surface area contributed by atoms with Gasteiger partial charge in [0, 0.05) is 25.5 Å². The van der Waals surface area contributed by atoms with Gasteiger partial charge in [0.25, 0.3) is 5.91 Å². The molecule has 0 aliphatic carbocycles. The Morgan fingerprint density at radius 3 is 2.54 bits per heavy atom. The van der Waals surface area contributed by atoms with E-state index in [1.54, 1.807) is 24.3 Å². The Labute approximate surface area is 142 Å². The molecule has 0 aliphatic heterocycles. The average Bonchev–Trinajstić information content (AvgIpc) is 2.60. The number of esters is 1. The summed E-state index contributed by atoms with van der Waals surface area (Å²) < 4.78 is 5.08. The van der Waals surface area contributed by atoms with Crippen LogP contribution >= 0.6 is 0 Å². The summed E-state index contributed by atoms with van der Waals surface area (Å²) in [5, 5.41) is 2.73. The maximum Gasteiger partial charge on any atom is 0.338 e. The number of carbonyl (C=O) groups is 2. The Bertz CT molecular complexity index is 726. The van der Waals surface area contributed by atoms with E-state index in [-0.39, 0.29) is 12.5 Å². The number of carbonyl (C=O) groups excluding carboxylic acids is 2. The van der Waals surface area contributed by atoms with Crippen LogP contribution in [-0.4, -0.2) is 32.6 Å². The fraction of sp³-hybridized carbons (Fsp3) is 0.263. The minimum absolute atomic E-state index is 0.318. The lowest BCUT2D eigenvalue weighted by Crippen LogP contribution is -2.21. The molecule has 5 nitrogen and oxygen atoms in total. The zero-order valence-electron chi connectivity index (χ0n) is 14.2. The zero-order valence-corrected chi connectivity index (χ0v) is 14.2. The van der Waals surface area contributed by atoms with Gasteiger partial charge in [-0.2, -0.15) is 0 Å². The number of nitrogens with one attached hydrogen (secondary N) is 1. The number of hydrogen-bond acceptors (Lipinski definition) is 4. The number of benzene rings is 2. The Kier molecular flexibility index (Phi) is 5.95. The quantitative estimate of drug-likeness (QED) is 0.829. The highest BCUT2D eigenvalue weighted by atomic mass is 16.5. The first-order chi connectivity index (χ1) is 11.5. The van der Waals surface area contributed by atoms with Crippen LogP contribution in [0.25, 0.3) is 0 Å². The van der Waals surface area contributed by atoms with E-state index in [2.05, 4.69) is 5.32 Å². The molecule has 0 aromatic heterocycles. The molecule has 0 saturated heterocycles. The van der Waals surface area contributed by atoms with E-state index in [0.29, 0.717) is 11.3 Å². The van der Waals surface area contributed by atoms with E-state index in [1.165, 1.54) is 0 Å². The summed E-state index contributed by atoms with van der Waals surface area (Å²) in [6.45, 7) is 1.73. The van der Waals surface area contributed by atoms with Gasteiger partial charge in [-0.15, -0.1) is 0 Å². The van der Waals surface area contributed by atoms with Crippen LogP contribution in [0.1, 0.15) is 22.8 Å². The van der Waals surface area contributed by atoms with Crippen LogP contribution in [0.3, 0.4) is 0 Å². The van der Waals surface area contributed by atoms with Gasteiger partial charge < -0.3 is 15.0 Å². The van der Waals surface area contributed by atoms with E-state index < -0.39 is 5.97 Å². The van der Waals surface area contributed by atoms with Crippen molar-refractivity contribution in [1.29, 1.82) is 0 Å². The first kappa shape index (κ1) is 17.5. The minimum Gasteiger partial charge on any atom is -0.452 e. The highest BCUT2D eigenvalue weighted by Gasteiger charge is 2.11. The lowest BCUT2D eigenvalue weighted by atomic mass is 10.1. The number of amides is 1. The van der Waals surface area contributed by atoms with Gasteiger partial charge in [-0.05, 0) is 42.3 Å². The number of rotatable bonds is 6. The maximum atomic E-state index is 12.1. The van der Waals surface area contributed by atoms with Gasteiger partial charge in [0.05, 0.1) is 5.56 Å². The van der Waals surface area contributed by atoms with Crippen molar-refractivity contribution < 1.29 is 14.3 Å². The molecule has 5 heteroatoms. The smallest absolute Gasteiger partial charge is 0.338 e. The van der Waals surface area contributed by atoms with Gasteiger partial charge in [0.1, 0.15) is 0 Å². The highest BCUT2D eigenvalue weighted by molar-refractivity contribution is 5.95. The first-order valence-electron chi connectivity index (χ1n) is 7.83. The normalized spacial score (nSPS) is 10.1. The molecule has 0 aliphatic rings. The molecule has 0 fully saturated rings. The van der Waals surface area contributed by atoms with Crippen LogP contribution in [0.4, 0.5) is 11.4 Å². The van der Waals surface area contributed by atoms with Crippen LogP contribution in [0.5, 0.6) is 0 Å². The predicted molar refractivity (Wildman–Crippen MR) is 95.5 cm³/mol. The van der Waals surface area contributed by atoms with Gasteiger partial charge in [0.2, 0.25) is 0 Å². The fourth-order valence-corrected chi connectivity index (χ4v) is 2.19. The Balaban J connectivity index is 1.91. The van der Waals surface area contributed by atoms with Crippen LogP contribution in [0.15, 0.2) is 48.5 Å². The van der Waals surface area contributed by atoms with Crippen molar-refractivity contribution >= 4 is 23.3 Å². The Morgan fingerprint density at radius 1 is 1.08 bits per heavy atom. The molecule has 0 unspecified atom stereocenters. The zero-order chi connectivity index (χ0) is 17.5. The van der Waals surface area contributed by atoms with E-state index in [4.69, 9.17) is 4.74 Å². The number of hydrogen-bond donors (Lipinski definition) is 1. The van der Waals surface area contributed by atoms with E-state index >= 15 is 0 Å². The second-order valence-electron chi connectivity index (χ2n) is 5.62. The van der Waals surface area contributed by atoms with Crippen LogP contribution in [-0.2, 0) is 16.0 Å². The molecule has 24 heavy (non-hydrogen) atoms. The van der Waals surface area contributed by atoms with Crippen molar-refractivity contribution in [2.24, 2.45) is 0 Å². The second kappa shape index (κ2) is 8.15. The van der Waals surface area contributed by atoms with Gasteiger partial charge in [-0.25, -0.2) is 4.79 Å². The summed E-state index contributed by atoms with van der Waals surface area (Å²) in [6, 6.07) is 14.6. The Hall–Kier alpha value is -2.82. The molecule has 2 rings (SSSR count). The largest absolute Gasteiger partial charge is 0.452 e. The summed E-state index contributed by atoms with van der Waals surface area (Å²) in [5.74, 6) is -0.878. The molecule has 2 aromatic carbocycles. The molecule has 126 valence electrons. The molecular formula is C19H22N2O3. The summed E-state index contributed by atoms with van der Waals surface area (Å²) in [5.41, 5.74) is 3.14. The first-order valence-corrected chi connectivity index (χ1v) is 7.83. The number of aryl methyl sites for hydroxylation is 1. The molecule has 2 aromatic rings. The number of ether oxygens (including phenoxy) is 1. The highest BCUT2D eigenvalue weighted by Crippen LogP contribution is 2.14. The second-order valence-corrected chi connectivity index (χ2v) is 5.62. The molecule has 0 radical (unpaired) electrons. The molecule has 0 bridgehead atoms. The number of anilines is 2. The third-order valence-electron chi connectivity index (χ3n) is 3.55. The van der Waals surface area contributed by atoms with Gasteiger partial charge in [-0.1, -0.05) is 25.1 Å². The summed E-state index contributed by atoms with van der Waals surface area (Å²) in [4.78, 5) is 25.9. The fourth-order valence-electron chi connectivity index (χ4n) is 2.19. The molecular weight excluding hydrogens is 304 g/mol.